The molecule has 0 aliphatic carbocycles. The number of phenolic OH excluding ortho intramolecular Hbond substituents is 1. The SMILES string of the molecule is CCC(=O)Nc1cc(OC)c2c(c1O)CC(=O)N2. The third-order valence-electron chi connectivity index (χ3n) is 2.78. The van der Waals surface area contributed by atoms with E-state index in [-0.39, 0.29) is 29.7 Å². The van der Waals surface area contributed by atoms with Gasteiger partial charge in [0, 0.05) is 18.1 Å². The number of ether oxygens (including phenoxy) is 1. The molecule has 0 saturated carbocycles. The monoisotopic (exact) mass is 250 g/mol. The molecule has 6 heteroatoms. The van der Waals surface area contributed by atoms with E-state index in [2.05, 4.69) is 10.6 Å². The highest BCUT2D eigenvalue weighted by Gasteiger charge is 2.27. The molecule has 6 nitrogen and oxygen atoms in total. The third kappa shape index (κ3) is 1.97. The van der Waals surface area contributed by atoms with Crippen molar-refractivity contribution in [3.8, 4) is 11.5 Å². The van der Waals surface area contributed by atoms with Gasteiger partial charge in [-0.15, -0.1) is 0 Å². The summed E-state index contributed by atoms with van der Waals surface area (Å²) in [5.74, 6) is -0.104. The van der Waals surface area contributed by atoms with Crippen molar-refractivity contribution in [2.75, 3.05) is 17.7 Å². The molecule has 18 heavy (non-hydrogen) atoms. The van der Waals surface area contributed by atoms with Gasteiger partial charge in [-0.05, 0) is 0 Å². The lowest BCUT2D eigenvalue weighted by molar-refractivity contribution is -0.116. The summed E-state index contributed by atoms with van der Waals surface area (Å²) in [6.07, 6.45) is 0.378. The van der Waals surface area contributed by atoms with E-state index in [1.165, 1.54) is 13.2 Å². The second-order valence-corrected chi connectivity index (χ2v) is 3.96. The maximum absolute atomic E-state index is 11.4. The molecule has 96 valence electrons. The number of carbonyl (C=O) groups excluding carboxylic acids is 2. The van der Waals surface area contributed by atoms with Gasteiger partial charge in [0.05, 0.1) is 24.9 Å². The highest BCUT2D eigenvalue weighted by atomic mass is 16.5. The fourth-order valence-electron chi connectivity index (χ4n) is 1.85. The maximum atomic E-state index is 11.4. The van der Waals surface area contributed by atoms with Gasteiger partial charge in [0.2, 0.25) is 11.8 Å². The number of rotatable bonds is 3. The molecule has 1 aromatic carbocycles. The van der Waals surface area contributed by atoms with E-state index in [1.807, 2.05) is 0 Å². The summed E-state index contributed by atoms with van der Waals surface area (Å²) in [5, 5.41) is 15.2. The van der Waals surface area contributed by atoms with Gasteiger partial charge in [-0.2, -0.15) is 0 Å². The van der Waals surface area contributed by atoms with Crippen molar-refractivity contribution in [1.29, 1.82) is 0 Å². The first kappa shape index (κ1) is 12.2. The Morgan fingerprint density at radius 2 is 2.33 bits per heavy atom. The number of aromatic hydroxyl groups is 1. The number of carbonyl (C=O) groups is 2. The minimum Gasteiger partial charge on any atom is -0.505 e. The van der Waals surface area contributed by atoms with Gasteiger partial charge < -0.3 is 20.5 Å². The van der Waals surface area contributed by atoms with Crippen molar-refractivity contribution in [2.24, 2.45) is 0 Å². The smallest absolute Gasteiger partial charge is 0.229 e. The van der Waals surface area contributed by atoms with Crippen LogP contribution in [0, 0.1) is 0 Å². The fraction of sp³-hybridized carbons (Fsp3) is 0.333. The van der Waals surface area contributed by atoms with Crippen LogP contribution in [0.5, 0.6) is 11.5 Å². The van der Waals surface area contributed by atoms with Gasteiger partial charge in [0.25, 0.3) is 0 Å². The van der Waals surface area contributed by atoms with Crippen molar-refractivity contribution in [1.82, 2.24) is 0 Å². The Morgan fingerprint density at radius 1 is 1.61 bits per heavy atom. The van der Waals surface area contributed by atoms with Crippen LogP contribution in [0.4, 0.5) is 11.4 Å². The summed E-state index contributed by atoms with van der Waals surface area (Å²) in [6, 6.07) is 1.49. The molecular formula is C12H14N2O4. The van der Waals surface area contributed by atoms with Crippen LogP contribution in [0.25, 0.3) is 0 Å². The van der Waals surface area contributed by atoms with E-state index in [9.17, 15) is 14.7 Å². The normalized spacial score (nSPS) is 12.9. The number of fused-ring (bicyclic) bond motifs is 1. The first-order valence-electron chi connectivity index (χ1n) is 5.59. The largest absolute Gasteiger partial charge is 0.505 e. The molecule has 0 aromatic heterocycles. The van der Waals surface area contributed by atoms with Gasteiger partial charge in [-0.3, -0.25) is 9.59 Å². The predicted molar refractivity (Wildman–Crippen MR) is 65.9 cm³/mol. The van der Waals surface area contributed by atoms with Gasteiger partial charge in [-0.25, -0.2) is 0 Å². The number of methoxy groups -OCH3 is 1. The van der Waals surface area contributed by atoms with Crippen LogP contribution < -0.4 is 15.4 Å². The predicted octanol–water partition coefficient (Wildman–Crippen LogP) is 1.24. The fourth-order valence-corrected chi connectivity index (χ4v) is 1.85. The van der Waals surface area contributed by atoms with Crippen LogP contribution in [0.1, 0.15) is 18.9 Å². The average molecular weight is 250 g/mol. The summed E-state index contributed by atoms with van der Waals surface area (Å²) in [7, 11) is 1.46. The molecule has 3 N–H and O–H groups in total. The molecule has 0 bridgehead atoms. The minimum absolute atomic E-state index is 0.0767. The van der Waals surface area contributed by atoms with E-state index >= 15 is 0 Å². The Morgan fingerprint density at radius 3 is 2.94 bits per heavy atom. The van der Waals surface area contributed by atoms with E-state index in [1.54, 1.807) is 6.92 Å². The zero-order valence-electron chi connectivity index (χ0n) is 10.2. The quantitative estimate of drug-likeness (QED) is 0.704. The molecule has 1 aliphatic heterocycles. The van der Waals surface area contributed by atoms with Crippen LogP contribution in [0.15, 0.2) is 6.07 Å². The van der Waals surface area contributed by atoms with E-state index < -0.39 is 0 Å². The van der Waals surface area contributed by atoms with Crippen molar-refractivity contribution in [3.63, 3.8) is 0 Å². The van der Waals surface area contributed by atoms with Gasteiger partial charge in [-0.1, -0.05) is 6.92 Å². The topological polar surface area (TPSA) is 87.7 Å². The minimum atomic E-state index is -0.218. The Bertz CT molecular complexity index is 525. The lowest BCUT2D eigenvalue weighted by atomic mass is 10.1. The number of hydrogen-bond acceptors (Lipinski definition) is 4. The van der Waals surface area contributed by atoms with Gasteiger partial charge in [0.1, 0.15) is 11.5 Å². The Kier molecular flexibility index (Phi) is 3.10. The lowest BCUT2D eigenvalue weighted by Crippen LogP contribution is -2.10. The number of phenols is 1. The van der Waals surface area contributed by atoms with Crippen LogP contribution in [0.2, 0.25) is 0 Å². The molecule has 1 aliphatic rings. The Labute approximate surface area is 104 Å². The van der Waals surface area contributed by atoms with Crippen LogP contribution in [-0.2, 0) is 16.0 Å². The van der Waals surface area contributed by atoms with Crippen molar-refractivity contribution < 1.29 is 19.4 Å². The summed E-state index contributed by atoms with van der Waals surface area (Å²) in [4.78, 5) is 22.7. The summed E-state index contributed by atoms with van der Waals surface area (Å²) >= 11 is 0. The first-order valence-corrected chi connectivity index (χ1v) is 5.59. The van der Waals surface area contributed by atoms with Crippen LogP contribution in [-0.4, -0.2) is 24.0 Å². The number of benzene rings is 1. The zero-order valence-corrected chi connectivity index (χ0v) is 10.2. The standard InChI is InChI=1S/C12H14N2O4/c1-3-9(15)13-7-5-8(18-2)11-6(12(7)17)4-10(16)14-11/h5,17H,3-4H2,1-2H3,(H,13,15)(H,14,16). The van der Waals surface area contributed by atoms with Crippen molar-refractivity contribution in [3.05, 3.63) is 11.6 Å². The molecule has 0 spiro atoms. The van der Waals surface area contributed by atoms with Crippen LogP contribution >= 0.6 is 0 Å². The number of anilines is 2. The first-order chi connectivity index (χ1) is 8.56. The van der Waals surface area contributed by atoms with E-state index in [4.69, 9.17) is 4.74 Å². The molecule has 1 heterocycles. The van der Waals surface area contributed by atoms with Crippen LogP contribution in [0.3, 0.4) is 0 Å². The molecule has 2 rings (SSSR count). The number of nitrogens with one attached hydrogen (secondary N) is 2. The molecule has 0 atom stereocenters. The van der Waals surface area contributed by atoms with Crippen molar-refractivity contribution in [2.45, 2.75) is 19.8 Å². The molecule has 2 amide bonds. The molecule has 0 fully saturated rings. The average Bonchev–Trinajstić information content (AvgIpc) is 2.74. The Balaban J connectivity index is 2.47. The lowest BCUT2D eigenvalue weighted by Gasteiger charge is -2.13. The third-order valence-corrected chi connectivity index (χ3v) is 2.78. The number of amides is 2. The highest BCUT2D eigenvalue weighted by molar-refractivity contribution is 6.04. The summed E-state index contributed by atoms with van der Waals surface area (Å²) < 4.78 is 5.14. The maximum Gasteiger partial charge on any atom is 0.229 e. The second kappa shape index (κ2) is 4.56. The van der Waals surface area contributed by atoms with Gasteiger partial charge >= 0.3 is 0 Å². The summed E-state index contributed by atoms with van der Waals surface area (Å²) in [5.41, 5.74) is 1.18. The zero-order chi connectivity index (χ0) is 13.3. The molecule has 0 radical (unpaired) electrons. The second-order valence-electron chi connectivity index (χ2n) is 3.96. The Hall–Kier alpha value is -2.24. The molecule has 0 saturated heterocycles. The number of hydrogen-bond donors (Lipinski definition) is 3. The summed E-state index contributed by atoms with van der Waals surface area (Å²) in [6.45, 7) is 1.71. The van der Waals surface area contributed by atoms with Gasteiger partial charge in [0.15, 0.2) is 0 Å². The van der Waals surface area contributed by atoms with Crippen molar-refractivity contribution >= 4 is 23.2 Å². The molecule has 1 aromatic rings. The highest BCUT2D eigenvalue weighted by Crippen LogP contribution is 2.43. The molecule has 0 unspecified atom stereocenters. The molecular weight excluding hydrogens is 236 g/mol. The van der Waals surface area contributed by atoms with E-state index in [0.717, 1.165) is 0 Å². The van der Waals surface area contributed by atoms with E-state index in [0.29, 0.717) is 23.4 Å².